The maximum absolute atomic E-state index is 8.51. The largest absolute Gasteiger partial charge is 0.659 e. The monoisotopic (exact) mass is 468 g/mol. The minimum Gasteiger partial charge on any atom is -0.659 e. The van der Waals surface area contributed by atoms with Crippen LogP contribution in [0.15, 0.2) is 0 Å². The van der Waals surface area contributed by atoms with Crippen LogP contribution in [-0.4, -0.2) is 59.9 Å². The van der Waals surface area contributed by atoms with Gasteiger partial charge in [-0.2, -0.15) is 0 Å². The maximum atomic E-state index is 8.51. The van der Waals surface area contributed by atoms with Crippen molar-refractivity contribution >= 4 is 0 Å². The summed E-state index contributed by atoms with van der Waals surface area (Å²) in [7, 11) is 0. The van der Waals surface area contributed by atoms with Gasteiger partial charge < -0.3 is 25.7 Å². The Morgan fingerprint density at radius 1 is 0.400 bits per heavy atom. The average molecular weight is 469 g/mol. The fourth-order valence-electron chi connectivity index (χ4n) is 2.74. The second-order valence-corrected chi connectivity index (χ2v) is 7.51. The zero-order valence-electron chi connectivity index (χ0n) is 20.3. The Bertz CT molecular complexity index is 199. The molecule has 0 spiro atoms. The van der Waals surface area contributed by atoms with Crippen molar-refractivity contribution in [3.05, 3.63) is 5.32 Å². The van der Waals surface area contributed by atoms with Crippen molar-refractivity contribution in [2.45, 2.75) is 117 Å². The van der Waals surface area contributed by atoms with Crippen LogP contribution < -0.4 is 0 Å². The summed E-state index contributed by atoms with van der Waals surface area (Å²) < 4.78 is 0. The van der Waals surface area contributed by atoms with E-state index in [0.29, 0.717) is 26.3 Å². The fourth-order valence-corrected chi connectivity index (χ4v) is 2.74. The predicted octanol–water partition coefficient (Wildman–Crippen LogP) is 5.58. The number of aliphatic hydroxyl groups is 4. The van der Waals surface area contributed by atoms with Gasteiger partial charge in [-0.25, -0.2) is 0 Å². The van der Waals surface area contributed by atoms with Crippen molar-refractivity contribution < 1.29 is 42.1 Å². The van der Waals surface area contributed by atoms with E-state index >= 15 is 0 Å². The van der Waals surface area contributed by atoms with Gasteiger partial charge >= 0.3 is 0 Å². The number of rotatable bonds is 20. The Morgan fingerprint density at radius 2 is 0.667 bits per heavy atom. The molecule has 0 amide bonds. The van der Waals surface area contributed by atoms with Crippen LogP contribution >= 0.6 is 0 Å². The first-order chi connectivity index (χ1) is 14.2. The molecule has 0 aliphatic rings. The summed E-state index contributed by atoms with van der Waals surface area (Å²) in [6, 6.07) is 0. The first-order valence-corrected chi connectivity index (χ1v) is 12.3. The van der Waals surface area contributed by atoms with Gasteiger partial charge in [-0.05, 0) is 12.8 Å². The normalized spacial score (nSPS) is 9.80. The van der Waals surface area contributed by atoms with Crippen LogP contribution in [0.2, 0.25) is 0 Å². The van der Waals surface area contributed by atoms with E-state index in [4.69, 9.17) is 20.4 Å². The number of hydrogen-bond acceptors (Lipinski definition) is 4. The van der Waals surface area contributed by atoms with E-state index in [1.807, 2.05) is 0 Å². The fraction of sp³-hybridized carbons (Fsp3) is 1.00. The van der Waals surface area contributed by atoms with Crippen LogP contribution in [-0.2, 0) is 21.7 Å². The molecular weight excluding hydrogens is 414 g/mol. The van der Waals surface area contributed by atoms with E-state index in [9.17, 15) is 0 Å². The third kappa shape index (κ3) is 51.3. The third-order valence-corrected chi connectivity index (χ3v) is 4.54. The molecular formula is C24H54NO4Ti-. The van der Waals surface area contributed by atoms with E-state index in [1.54, 1.807) is 0 Å². The van der Waals surface area contributed by atoms with Crippen molar-refractivity contribution in [1.29, 1.82) is 0 Å². The molecule has 0 rings (SSSR count). The molecule has 0 heterocycles. The molecule has 30 heavy (non-hydrogen) atoms. The van der Waals surface area contributed by atoms with Crippen LogP contribution in [0.25, 0.3) is 5.32 Å². The Balaban J connectivity index is -0.000000171. The molecule has 0 aromatic carbocycles. The molecule has 184 valence electrons. The summed E-state index contributed by atoms with van der Waals surface area (Å²) in [6.07, 6.45) is 20.8. The van der Waals surface area contributed by atoms with E-state index in [2.05, 4.69) is 19.2 Å². The van der Waals surface area contributed by atoms with Crippen LogP contribution in [0.3, 0.4) is 0 Å². The average Bonchev–Trinajstić information content (AvgIpc) is 2.74. The topological polar surface area (TPSA) is 95.0 Å². The van der Waals surface area contributed by atoms with Gasteiger partial charge in [-0.3, -0.25) is 0 Å². The number of nitrogens with zero attached hydrogens (tertiary/aromatic N) is 1. The smallest absolute Gasteiger partial charge is 0.0431 e. The van der Waals surface area contributed by atoms with E-state index < -0.39 is 0 Å². The van der Waals surface area contributed by atoms with Gasteiger partial charge in [0, 0.05) is 48.1 Å². The zero-order valence-corrected chi connectivity index (χ0v) is 21.9. The van der Waals surface area contributed by atoms with Gasteiger partial charge in [-0.1, -0.05) is 104 Å². The molecule has 0 bridgehead atoms. The quantitative estimate of drug-likeness (QED) is 0.139. The van der Waals surface area contributed by atoms with Crippen molar-refractivity contribution in [2.75, 3.05) is 39.5 Å². The summed E-state index contributed by atoms with van der Waals surface area (Å²) in [5.74, 6) is 0. The first kappa shape index (κ1) is 37.8. The van der Waals surface area contributed by atoms with Crippen LogP contribution in [0.4, 0.5) is 0 Å². The molecule has 0 radical (unpaired) electrons. The van der Waals surface area contributed by atoms with Crippen LogP contribution in [0.1, 0.15) is 117 Å². The summed E-state index contributed by atoms with van der Waals surface area (Å²) >= 11 is 0. The standard InChI is InChI=1S/2C10H22O.C4H10NO2.Ti/c2*1-2-3-4-5-6-7-8-9-10-11;6-3-1-5-2-4-7;/h2*11H,2-10H2,1H3;6-7H,1-4H2;/q;;-1;. The Labute approximate surface area is 203 Å². The number of hydrogen-bond donors (Lipinski definition) is 4. The number of unbranched alkanes of at least 4 members (excludes halogenated alkanes) is 14. The van der Waals surface area contributed by atoms with Crippen molar-refractivity contribution in [2.24, 2.45) is 0 Å². The number of aliphatic hydroxyl groups excluding tert-OH is 4. The Kier molecular flexibility index (Phi) is 54.7. The molecule has 0 aliphatic heterocycles. The minimum absolute atomic E-state index is 0. The van der Waals surface area contributed by atoms with Gasteiger partial charge in [0.05, 0.1) is 0 Å². The molecule has 0 aliphatic carbocycles. The molecule has 0 aromatic heterocycles. The van der Waals surface area contributed by atoms with Gasteiger partial charge in [0.1, 0.15) is 0 Å². The van der Waals surface area contributed by atoms with Gasteiger partial charge in [0.15, 0.2) is 0 Å². The third-order valence-electron chi connectivity index (χ3n) is 4.54. The second-order valence-electron chi connectivity index (χ2n) is 7.51. The molecule has 0 fully saturated rings. The van der Waals surface area contributed by atoms with Crippen molar-refractivity contribution in [3.63, 3.8) is 0 Å². The summed E-state index contributed by atoms with van der Waals surface area (Å²) in [5.41, 5.74) is 0. The summed E-state index contributed by atoms with van der Waals surface area (Å²) in [6.45, 7) is 6.28. The second kappa shape index (κ2) is 43.4. The van der Waals surface area contributed by atoms with Crippen molar-refractivity contribution in [1.82, 2.24) is 0 Å². The minimum atomic E-state index is 0. The van der Waals surface area contributed by atoms with E-state index in [0.717, 1.165) is 12.8 Å². The molecule has 0 saturated heterocycles. The Morgan fingerprint density at radius 3 is 0.900 bits per heavy atom. The molecule has 0 unspecified atom stereocenters. The van der Waals surface area contributed by atoms with E-state index in [-0.39, 0.29) is 34.9 Å². The molecule has 4 N–H and O–H groups in total. The van der Waals surface area contributed by atoms with Crippen LogP contribution in [0, 0.1) is 0 Å². The molecule has 0 atom stereocenters. The molecule has 5 nitrogen and oxygen atoms in total. The van der Waals surface area contributed by atoms with Gasteiger partial charge in [0.25, 0.3) is 0 Å². The Hall–Kier alpha value is 0.514. The maximum Gasteiger partial charge on any atom is 0.0431 e. The summed E-state index contributed by atoms with van der Waals surface area (Å²) in [5, 5.41) is 37.0. The molecule has 6 heteroatoms. The van der Waals surface area contributed by atoms with E-state index in [1.165, 1.54) is 89.9 Å². The molecule has 0 aromatic rings. The van der Waals surface area contributed by atoms with Gasteiger partial charge in [-0.15, -0.1) is 13.1 Å². The SMILES string of the molecule is CCCCCCCCCCO.CCCCCCCCCCO.OCC[N-]CCO.[Ti]. The molecule has 0 saturated carbocycles. The predicted molar refractivity (Wildman–Crippen MR) is 127 cm³/mol. The summed E-state index contributed by atoms with van der Waals surface area (Å²) in [4.78, 5) is 0. The van der Waals surface area contributed by atoms with Crippen molar-refractivity contribution in [3.8, 4) is 0 Å². The van der Waals surface area contributed by atoms with Gasteiger partial charge in [0.2, 0.25) is 0 Å². The first-order valence-electron chi connectivity index (χ1n) is 12.3. The van der Waals surface area contributed by atoms with Crippen LogP contribution in [0.5, 0.6) is 0 Å². The zero-order chi connectivity index (χ0) is 22.3.